The molecule has 1 saturated heterocycles. The van der Waals surface area contributed by atoms with Gasteiger partial charge in [-0.15, -0.1) is 0 Å². The van der Waals surface area contributed by atoms with Gasteiger partial charge in [0.25, 0.3) is 5.56 Å². The topological polar surface area (TPSA) is 93.8 Å². The number of H-pyrrole nitrogens is 1. The number of rotatable bonds is 7. The van der Waals surface area contributed by atoms with Crippen LogP contribution in [0, 0.1) is 0 Å². The second kappa shape index (κ2) is 11.1. The molecule has 1 amide bonds. The van der Waals surface area contributed by atoms with Crippen LogP contribution >= 0.6 is 0 Å². The molecule has 2 aliphatic heterocycles. The van der Waals surface area contributed by atoms with Crippen LogP contribution in [0.15, 0.2) is 64.3 Å². The van der Waals surface area contributed by atoms with Crippen LogP contribution in [-0.4, -0.2) is 61.2 Å². The minimum absolute atomic E-state index is 0.106. The maximum Gasteiger partial charge on any atom is 0.416 e. The number of pyridine rings is 1. The number of fused-ring (bicyclic) bond motifs is 1. The van der Waals surface area contributed by atoms with Crippen molar-refractivity contribution in [2.24, 2.45) is 0 Å². The number of sulfonamides is 1. The molecule has 1 unspecified atom stereocenters. The van der Waals surface area contributed by atoms with E-state index in [1.807, 2.05) is 11.8 Å². The SMILES string of the molecule is CCCN1C(=O)C(C)c2c1cc(-c1ccc(S(=O)(=O)N3CCN(Cc4ccc(C(F)(F)F)cc4)CC3)cc1)[nH]c2=O. The lowest BCUT2D eigenvalue weighted by Crippen LogP contribution is -2.48. The number of aromatic nitrogens is 1. The maximum absolute atomic E-state index is 13.3. The zero-order chi connectivity index (χ0) is 29.5. The lowest BCUT2D eigenvalue weighted by molar-refractivity contribution is -0.137. The number of carbonyl (C=O) groups is 1. The molecule has 8 nitrogen and oxygen atoms in total. The molecule has 5 rings (SSSR count). The molecule has 218 valence electrons. The highest BCUT2D eigenvalue weighted by Crippen LogP contribution is 2.37. The first-order chi connectivity index (χ1) is 19.4. The summed E-state index contributed by atoms with van der Waals surface area (Å²) in [6.07, 6.45) is -3.64. The summed E-state index contributed by atoms with van der Waals surface area (Å²) in [4.78, 5) is 32.1. The number of alkyl halides is 3. The Morgan fingerprint density at radius 3 is 2.17 bits per heavy atom. The molecule has 2 aliphatic rings. The highest BCUT2D eigenvalue weighted by Gasteiger charge is 2.36. The second-order valence-electron chi connectivity index (χ2n) is 10.4. The lowest BCUT2D eigenvalue weighted by atomic mass is 10.0. The number of benzene rings is 2. The first kappa shape index (κ1) is 29.0. The molecule has 3 heterocycles. The Hall–Kier alpha value is -3.48. The first-order valence-electron chi connectivity index (χ1n) is 13.5. The van der Waals surface area contributed by atoms with Gasteiger partial charge in [-0.3, -0.25) is 14.5 Å². The minimum Gasteiger partial charge on any atom is -0.322 e. The van der Waals surface area contributed by atoms with Crippen LogP contribution in [0.4, 0.5) is 18.9 Å². The number of hydrogen-bond acceptors (Lipinski definition) is 5. The molecule has 0 aliphatic carbocycles. The third-order valence-corrected chi connectivity index (χ3v) is 9.59. The Kier molecular flexibility index (Phi) is 7.84. The Morgan fingerprint density at radius 1 is 0.951 bits per heavy atom. The Bertz CT molecular complexity index is 1590. The Labute approximate surface area is 236 Å². The summed E-state index contributed by atoms with van der Waals surface area (Å²) in [7, 11) is -3.77. The predicted octanol–water partition coefficient (Wildman–Crippen LogP) is 4.43. The number of aromatic amines is 1. The quantitative estimate of drug-likeness (QED) is 0.441. The Balaban J connectivity index is 1.26. The number of piperazine rings is 1. The van der Waals surface area contributed by atoms with Crippen molar-refractivity contribution < 1.29 is 26.4 Å². The van der Waals surface area contributed by atoms with Crippen molar-refractivity contribution in [3.63, 3.8) is 0 Å². The van der Waals surface area contributed by atoms with Gasteiger partial charge >= 0.3 is 6.18 Å². The number of nitrogens with zero attached hydrogens (tertiary/aromatic N) is 3. The van der Waals surface area contributed by atoms with E-state index in [1.54, 1.807) is 30.0 Å². The van der Waals surface area contributed by atoms with Gasteiger partial charge in [0.1, 0.15) is 0 Å². The highest BCUT2D eigenvalue weighted by molar-refractivity contribution is 7.89. The molecule has 1 fully saturated rings. The van der Waals surface area contributed by atoms with Crippen LogP contribution in [-0.2, 0) is 27.5 Å². The van der Waals surface area contributed by atoms with Crippen LogP contribution in [0.1, 0.15) is 42.9 Å². The molecule has 1 atom stereocenters. The number of amides is 1. The summed E-state index contributed by atoms with van der Waals surface area (Å²) >= 11 is 0. The molecule has 2 aromatic carbocycles. The summed E-state index contributed by atoms with van der Waals surface area (Å²) < 4.78 is 66.5. The third kappa shape index (κ3) is 5.68. The van der Waals surface area contributed by atoms with Gasteiger partial charge in [-0.2, -0.15) is 17.5 Å². The number of anilines is 1. The Morgan fingerprint density at radius 2 is 1.59 bits per heavy atom. The van der Waals surface area contributed by atoms with Crippen LogP contribution in [0.5, 0.6) is 0 Å². The van der Waals surface area contributed by atoms with Crippen LogP contribution in [0.3, 0.4) is 0 Å². The van der Waals surface area contributed by atoms with Gasteiger partial charge in [0.05, 0.1) is 33.3 Å². The van der Waals surface area contributed by atoms with E-state index in [2.05, 4.69) is 4.98 Å². The minimum atomic E-state index is -4.38. The van der Waals surface area contributed by atoms with Crippen molar-refractivity contribution >= 4 is 21.6 Å². The second-order valence-corrected chi connectivity index (χ2v) is 12.4. The average molecular weight is 589 g/mol. The molecular weight excluding hydrogens is 557 g/mol. The van der Waals surface area contributed by atoms with E-state index in [9.17, 15) is 31.2 Å². The maximum atomic E-state index is 13.3. The number of carbonyl (C=O) groups excluding carboxylic acids is 1. The number of halogens is 3. The fraction of sp³-hybridized carbons (Fsp3) is 0.379. The van der Waals surface area contributed by atoms with E-state index in [-0.39, 0.29) is 29.5 Å². The van der Waals surface area contributed by atoms with E-state index in [0.29, 0.717) is 48.7 Å². The fourth-order valence-electron chi connectivity index (χ4n) is 5.42. The molecule has 0 saturated carbocycles. The van der Waals surface area contributed by atoms with E-state index >= 15 is 0 Å². The highest BCUT2D eigenvalue weighted by atomic mass is 32.2. The predicted molar refractivity (Wildman–Crippen MR) is 149 cm³/mol. The van der Waals surface area contributed by atoms with E-state index < -0.39 is 27.7 Å². The molecule has 0 spiro atoms. The smallest absolute Gasteiger partial charge is 0.322 e. The summed E-state index contributed by atoms with van der Waals surface area (Å²) in [5.74, 6) is -0.623. The van der Waals surface area contributed by atoms with Crippen molar-refractivity contribution in [2.45, 2.75) is 43.8 Å². The fourth-order valence-corrected chi connectivity index (χ4v) is 6.85. The lowest BCUT2D eigenvalue weighted by Gasteiger charge is -2.34. The first-order valence-corrected chi connectivity index (χ1v) is 14.9. The monoisotopic (exact) mass is 588 g/mol. The molecule has 0 bridgehead atoms. The van der Waals surface area contributed by atoms with Crippen LogP contribution in [0.25, 0.3) is 11.3 Å². The third-order valence-electron chi connectivity index (χ3n) is 7.68. The normalized spacial score (nSPS) is 18.6. The zero-order valence-corrected chi connectivity index (χ0v) is 23.6. The van der Waals surface area contributed by atoms with Crippen molar-refractivity contribution in [1.82, 2.24) is 14.2 Å². The molecule has 12 heteroatoms. The molecule has 41 heavy (non-hydrogen) atoms. The molecule has 1 aromatic heterocycles. The summed E-state index contributed by atoms with van der Waals surface area (Å²) in [6.45, 7) is 6.01. The largest absolute Gasteiger partial charge is 0.416 e. The van der Waals surface area contributed by atoms with Gasteiger partial charge in [-0.1, -0.05) is 31.2 Å². The van der Waals surface area contributed by atoms with Gasteiger partial charge in [0, 0.05) is 39.3 Å². The summed E-state index contributed by atoms with van der Waals surface area (Å²) in [6, 6.07) is 13.0. The van der Waals surface area contributed by atoms with Crippen molar-refractivity contribution in [3.8, 4) is 11.3 Å². The summed E-state index contributed by atoms with van der Waals surface area (Å²) in [5, 5.41) is 0. The molecule has 1 N–H and O–H groups in total. The van der Waals surface area contributed by atoms with Gasteiger partial charge in [0.2, 0.25) is 15.9 Å². The number of hydrogen-bond donors (Lipinski definition) is 1. The van der Waals surface area contributed by atoms with Gasteiger partial charge in [-0.05, 0) is 54.8 Å². The van der Waals surface area contributed by atoms with Crippen LogP contribution in [0.2, 0.25) is 0 Å². The van der Waals surface area contributed by atoms with Gasteiger partial charge in [-0.25, -0.2) is 8.42 Å². The van der Waals surface area contributed by atoms with Gasteiger partial charge < -0.3 is 9.88 Å². The zero-order valence-electron chi connectivity index (χ0n) is 22.7. The molecule has 3 aromatic rings. The number of nitrogens with one attached hydrogen (secondary N) is 1. The van der Waals surface area contributed by atoms with E-state index in [0.717, 1.165) is 24.1 Å². The van der Waals surface area contributed by atoms with Gasteiger partial charge in [0.15, 0.2) is 0 Å². The molecular formula is C29H31F3N4O4S. The molecule has 0 radical (unpaired) electrons. The average Bonchev–Trinajstić information content (AvgIpc) is 3.18. The van der Waals surface area contributed by atoms with E-state index in [4.69, 9.17) is 0 Å². The van der Waals surface area contributed by atoms with Crippen molar-refractivity contribution in [2.75, 3.05) is 37.6 Å². The van der Waals surface area contributed by atoms with Crippen molar-refractivity contribution in [1.29, 1.82) is 0 Å². The summed E-state index contributed by atoms with van der Waals surface area (Å²) in [5.41, 5.74) is 1.85. The standard InChI is InChI=1S/C29H31F3N4O4S/c1-3-12-36-25-17-24(33-27(37)26(25)19(2)28(36)38)21-6-10-23(11-7-21)41(39,40)35-15-13-34(14-16-35)18-20-4-8-22(9-5-20)29(30,31)32/h4-11,17,19H,3,12-16,18H2,1-2H3,(H,33,37). The van der Waals surface area contributed by atoms with Crippen molar-refractivity contribution in [3.05, 3.63) is 81.6 Å². The van der Waals surface area contributed by atoms with E-state index in [1.165, 1.54) is 28.6 Å². The van der Waals surface area contributed by atoms with Crippen LogP contribution < -0.4 is 10.5 Å².